The zero-order valence-electron chi connectivity index (χ0n) is 32.5. The smallest absolute Gasteiger partial charge is 0.0726 e. The van der Waals surface area contributed by atoms with Crippen LogP contribution in [0.1, 0.15) is 60.1 Å². The van der Waals surface area contributed by atoms with Gasteiger partial charge in [0, 0.05) is 33.5 Å². The van der Waals surface area contributed by atoms with Gasteiger partial charge in [-0.3, -0.25) is 0 Å². The molecule has 9 aromatic rings. The summed E-state index contributed by atoms with van der Waals surface area (Å²) in [4.78, 5) is 2.43. The van der Waals surface area contributed by atoms with Crippen molar-refractivity contribution in [2.45, 2.75) is 44.9 Å². The molecule has 0 amide bonds. The molecule has 1 heterocycles. The van der Waals surface area contributed by atoms with E-state index < -0.39 is 5.41 Å². The zero-order valence-corrected chi connectivity index (χ0v) is 32.5. The molecule has 274 valence electrons. The fourth-order valence-corrected chi connectivity index (χ4v) is 10.3. The van der Waals surface area contributed by atoms with E-state index in [4.69, 9.17) is 0 Å². The molecule has 0 aliphatic heterocycles. The van der Waals surface area contributed by atoms with Gasteiger partial charge in [-0.15, -0.1) is 0 Å². The van der Waals surface area contributed by atoms with E-state index in [1.54, 1.807) is 0 Å². The Labute approximate surface area is 335 Å². The molecule has 8 aromatic carbocycles. The van der Waals surface area contributed by atoms with Crippen LogP contribution in [0.15, 0.2) is 182 Å². The van der Waals surface area contributed by atoms with Gasteiger partial charge in [-0.05, 0) is 129 Å². The van der Waals surface area contributed by atoms with Crippen LogP contribution in [0.4, 0.5) is 17.1 Å². The predicted octanol–water partition coefficient (Wildman–Crippen LogP) is 14.5. The van der Waals surface area contributed by atoms with E-state index in [1.807, 2.05) is 0 Å². The highest BCUT2D eigenvalue weighted by Gasteiger charge is 2.52. The van der Waals surface area contributed by atoms with Crippen molar-refractivity contribution in [1.29, 1.82) is 0 Å². The van der Waals surface area contributed by atoms with Gasteiger partial charge >= 0.3 is 0 Å². The Morgan fingerprint density at radius 2 is 0.877 bits per heavy atom. The van der Waals surface area contributed by atoms with Gasteiger partial charge in [0.25, 0.3) is 0 Å². The standard InChI is InChI=1S/C55H44N2/c1-3-14-37-24-31-44-45-32-25-38(15-4-2)35-51(45)55(50(44)34-37)49-21-11-8-18-43(49)46-33-30-42(36-52(46)55)56(39-16-6-5-7-17-39)40-26-28-41(29-27-40)57-53-22-12-9-19-47(53)48-20-10-13-23-54(48)57/h5-13,16-36H,3-4,14-15H2,1-2H3. The third kappa shape index (κ3) is 4.96. The number of anilines is 3. The first-order valence-electron chi connectivity index (χ1n) is 20.6. The van der Waals surface area contributed by atoms with Crippen molar-refractivity contribution in [1.82, 2.24) is 4.57 Å². The van der Waals surface area contributed by atoms with Crippen LogP contribution in [-0.2, 0) is 18.3 Å². The van der Waals surface area contributed by atoms with E-state index in [9.17, 15) is 0 Å². The SMILES string of the molecule is CCCc1ccc2c(c1)C1(c3ccccc3-c3ccc(N(c4ccccc4)c4ccc(-n5c6ccccc6c6ccccc65)cc4)cc31)c1cc(CCC)ccc1-2. The Balaban J connectivity index is 1.13. The monoisotopic (exact) mass is 732 g/mol. The molecular weight excluding hydrogens is 689 g/mol. The fourth-order valence-electron chi connectivity index (χ4n) is 10.3. The average Bonchev–Trinajstić information content (AvgIpc) is 3.86. The summed E-state index contributed by atoms with van der Waals surface area (Å²) in [5.41, 5.74) is 20.4. The highest BCUT2D eigenvalue weighted by Crippen LogP contribution is 2.63. The molecule has 2 nitrogen and oxygen atoms in total. The van der Waals surface area contributed by atoms with Crippen LogP contribution in [-0.4, -0.2) is 4.57 Å². The molecule has 2 aliphatic rings. The van der Waals surface area contributed by atoms with E-state index in [0.29, 0.717) is 0 Å². The van der Waals surface area contributed by atoms with Gasteiger partial charge in [0.1, 0.15) is 0 Å². The molecule has 0 radical (unpaired) electrons. The summed E-state index contributed by atoms with van der Waals surface area (Å²) < 4.78 is 2.40. The number of nitrogens with zero attached hydrogens (tertiary/aromatic N) is 2. The molecule has 0 N–H and O–H groups in total. The highest BCUT2D eigenvalue weighted by atomic mass is 15.1. The Hall–Kier alpha value is -6.64. The van der Waals surface area contributed by atoms with Crippen LogP contribution in [0.25, 0.3) is 49.7 Å². The Kier molecular flexibility index (Phi) is 7.83. The number of para-hydroxylation sites is 3. The number of hydrogen-bond donors (Lipinski definition) is 0. The lowest BCUT2D eigenvalue weighted by Crippen LogP contribution is -2.26. The summed E-state index contributed by atoms with van der Waals surface area (Å²) >= 11 is 0. The first kappa shape index (κ1) is 33.7. The lowest BCUT2D eigenvalue weighted by Gasteiger charge is -2.32. The maximum atomic E-state index is 2.54. The first-order chi connectivity index (χ1) is 28.2. The molecular formula is C55H44N2. The Morgan fingerprint density at radius 1 is 0.404 bits per heavy atom. The molecule has 1 aromatic heterocycles. The minimum absolute atomic E-state index is 0.414. The van der Waals surface area contributed by atoms with Gasteiger partial charge in [0.05, 0.1) is 16.4 Å². The van der Waals surface area contributed by atoms with Crippen LogP contribution < -0.4 is 4.90 Å². The molecule has 0 unspecified atom stereocenters. The number of fused-ring (bicyclic) bond motifs is 13. The maximum Gasteiger partial charge on any atom is 0.0726 e. The largest absolute Gasteiger partial charge is 0.310 e. The Morgan fingerprint density at radius 3 is 1.49 bits per heavy atom. The molecule has 2 heteroatoms. The third-order valence-electron chi connectivity index (χ3n) is 12.6. The van der Waals surface area contributed by atoms with Crippen molar-refractivity contribution >= 4 is 38.9 Å². The second-order valence-electron chi connectivity index (χ2n) is 15.8. The minimum atomic E-state index is -0.414. The average molecular weight is 733 g/mol. The van der Waals surface area contributed by atoms with Crippen LogP contribution in [0.2, 0.25) is 0 Å². The van der Waals surface area contributed by atoms with Crippen LogP contribution >= 0.6 is 0 Å². The van der Waals surface area contributed by atoms with Gasteiger partial charge in [-0.1, -0.05) is 148 Å². The molecule has 0 atom stereocenters. The normalized spacial score (nSPS) is 13.2. The number of aromatic nitrogens is 1. The second kappa shape index (κ2) is 13.2. The maximum absolute atomic E-state index is 2.54. The quantitative estimate of drug-likeness (QED) is 0.151. The molecule has 11 rings (SSSR count). The van der Waals surface area contributed by atoms with Crippen molar-refractivity contribution in [2.24, 2.45) is 0 Å². The molecule has 0 saturated carbocycles. The van der Waals surface area contributed by atoms with Crippen LogP contribution in [0.5, 0.6) is 0 Å². The highest BCUT2D eigenvalue weighted by molar-refractivity contribution is 6.09. The third-order valence-corrected chi connectivity index (χ3v) is 12.6. The van der Waals surface area contributed by atoms with E-state index in [-0.39, 0.29) is 0 Å². The lowest BCUT2D eigenvalue weighted by atomic mass is 9.70. The van der Waals surface area contributed by atoms with Gasteiger partial charge in [0.2, 0.25) is 0 Å². The van der Waals surface area contributed by atoms with Crippen molar-refractivity contribution in [3.8, 4) is 27.9 Å². The summed E-state index contributed by atoms with van der Waals surface area (Å²) in [5.74, 6) is 0. The van der Waals surface area contributed by atoms with Gasteiger partial charge in [-0.2, -0.15) is 0 Å². The molecule has 0 bridgehead atoms. The van der Waals surface area contributed by atoms with Gasteiger partial charge in [0.15, 0.2) is 0 Å². The Bertz CT molecular complexity index is 2880. The fraction of sp³-hybridized carbons (Fsp3) is 0.127. The summed E-state index contributed by atoms with van der Waals surface area (Å²) in [7, 11) is 0. The summed E-state index contributed by atoms with van der Waals surface area (Å²) in [6.45, 7) is 4.57. The van der Waals surface area contributed by atoms with Crippen molar-refractivity contribution in [3.63, 3.8) is 0 Å². The number of aryl methyl sites for hydroxylation is 2. The number of hydrogen-bond acceptors (Lipinski definition) is 1. The van der Waals surface area contributed by atoms with E-state index in [2.05, 4.69) is 205 Å². The molecule has 57 heavy (non-hydrogen) atoms. The molecule has 1 spiro atoms. The van der Waals surface area contributed by atoms with Crippen LogP contribution in [0.3, 0.4) is 0 Å². The summed E-state index contributed by atoms with van der Waals surface area (Å²) in [6, 6.07) is 68.5. The van der Waals surface area contributed by atoms with E-state index >= 15 is 0 Å². The van der Waals surface area contributed by atoms with Crippen LogP contribution in [0, 0.1) is 0 Å². The summed E-state index contributed by atoms with van der Waals surface area (Å²) in [5, 5.41) is 2.55. The molecule has 2 aliphatic carbocycles. The van der Waals surface area contributed by atoms with Crippen molar-refractivity contribution in [2.75, 3.05) is 4.90 Å². The van der Waals surface area contributed by atoms with E-state index in [0.717, 1.165) is 48.4 Å². The van der Waals surface area contributed by atoms with E-state index in [1.165, 1.54) is 77.4 Å². The van der Waals surface area contributed by atoms with Gasteiger partial charge < -0.3 is 9.47 Å². The van der Waals surface area contributed by atoms with Crippen molar-refractivity contribution < 1.29 is 0 Å². The second-order valence-corrected chi connectivity index (χ2v) is 15.8. The van der Waals surface area contributed by atoms with Crippen molar-refractivity contribution in [3.05, 3.63) is 215 Å². The zero-order chi connectivity index (χ0) is 38.1. The molecule has 0 saturated heterocycles. The van der Waals surface area contributed by atoms with Gasteiger partial charge in [-0.25, -0.2) is 0 Å². The predicted molar refractivity (Wildman–Crippen MR) is 240 cm³/mol. The number of rotatable bonds is 8. The topological polar surface area (TPSA) is 8.17 Å². The number of benzene rings is 8. The molecule has 0 fully saturated rings. The first-order valence-corrected chi connectivity index (χ1v) is 20.6. The minimum Gasteiger partial charge on any atom is -0.310 e. The lowest BCUT2D eigenvalue weighted by molar-refractivity contribution is 0.785. The summed E-state index contributed by atoms with van der Waals surface area (Å²) in [6.07, 6.45) is 4.39.